The summed E-state index contributed by atoms with van der Waals surface area (Å²) in [5.41, 5.74) is 4.99. The van der Waals surface area contributed by atoms with Gasteiger partial charge in [-0.05, 0) is 32.8 Å². The van der Waals surface area contributed by atoms with Crippen LogP contribution < -0.4 is 0 Å². The molecule has 1 N–H and O–H groups in total. The molecule has 0 amide bonds. The van der Waals surface area contributed by atoms with Gasteiger partial charge in [0.15, 0.2) is 0 Å². The molecule has 0 fully saturated rings. The smallest absolute Gasteiger partial charge is 0.116 e. The predicted molar refractivity (Wildman–Crippen MR) is 165 cm³/mol. The fourth-order valence-electron chi connectivity index (χ4n) is 4.40. The Morgan fingerprint density at radius 1 is 0.585 bits per heavy atom. The Bertz CT molecular complexity index is 1270. The van der Waals surface area contributed by atoms with Crippen molar-refractivity contribution in [3.05, 3.63) is 154 Å². The summed E-state index contributed by atoms with van der Waals surface area (Å²) in [7, 11) is 0. The molecule has 0 aliphatic carbocycles. The van der Waals surface area contributed by atoms with E-state index in [1.165, 1.54) is 0 Å². The van der Waals surface area contributed by atoms with Crippen LogP contribution in [-0.2, 0) is 45.4 Å². The zero-order valence-corrected chi connectivity index (χ0v) is 24.6. The average molecular weight is 618 g/mol. The Labute approximate surface area is 251 Å². The van der Waals surface area contributed by atoms with Gasteiger partial charge in [-0.3, -0.25) is 0 Å². The van der Waals surface area contributed by atoms with Crippen molar-refractivity contribution in [3.63, 3.8) is 0 Å². The number of aliphatic hydroxyl groups excluding tert-OH is 1. The molecule has 41 heavy (non-hydrogen) atoms. The van der Waals surface area contributed by atoms with Crippen LogP contribution in [-0.4, -0.2) is 36.6 Å². The molecule has 0 radical (unpaired) electrons. The Hall–Kier alpha value is -3.10. The first-order chi connectivity index (χ1) is 20.3. The van der Waals surface area contributed by atoms with Crippen LogP contribution in [0.15, 0.2) is 132 Å². The van der Waals surface area contributed by atoms with Crippen molar-refractivity contribution >= 4 is 15.9 Å². The fourth-order valence-corrected chi connectivity index (χ4v) is 4.79. The number of hydrogen-bond acceptors (Lipinski definition) is 5. The van der Waals surface area contributed by atoms with Gasteiger partial charge in [-0.25, -0.2) is 0 Å². The van der Waals surface area contributed by atoms with E-state index < -0.39 is 18.3 Å². The predicted octanol–water partition coefficient (Wildman–Crippen LogP) is 7.23. The molecule has 0 unspecified atom stereocenters. The van der Waals surface area contributed by atoms with Gasteiger partial charge < -0.3 is 24.1 Å². The first-order valence-electron chi connectivity index (χ1n) is 13.7. The summed E-state index contributed by atoms with van der Waals surface area (Å²) in [6, 6.07) is 39.9. The van der Waals surface area contributed by atoms with Crippen LogP contribution in [0.2, 0.25) is 0 Å². The van der Waals surface area contributed by atoms with Gasteiger partial charge in [-0.1, -0.05) is 137 Å². The Morgan fingerprint density at radius 3 is 1.44 bits per heavy atom. The minimum atomic E-state index is -0.656. The van der Waals surface area contributed by atoms with E-state index >= 15 is 0 Å². The van der Waals surface area contributed by atoms with Crippen molar-refractivity contribution in [1.82, 2.24) is 0 Å². The van der Waals surface area contributed by atoms with Gasteiger partial charge in [-0.15, -0.1) is 0 Å². The Kier molecular flexibility index (Phi) is 13.3. The molecule has 0 aromatic heterocycles. The summed E-state index contributed by atoms with van der Waals surface area (Å²) in [5.74, 6) is 0. The number of benzene rings is 4. The van der Waals surface area contributed by atoms with Gasteiger partial charge in [0.25, 0.3) is 0 Å². The Balaban J connectivity index is 1.57. The Morgan fingerprint density at radius 2 is 1.00 bits per heavy atom. The van der Waals surface area contributed by atoms with Crippen LogP contribution >= 0.6 is 15.9 Å². The van der Waals surface area contributed by atoms with E-state index in [1.807, 2.05) is 126 Å². The number of hydrogen-bond donors (Lipinski definition) is 1. The summed E-state index contributed by atoms with van der Waals surface area (Å²) in [5, 5.41) is 10.6. The normalized spacial score (nSPS) is 14.0. The second kappa shape index (κ2) is 17.7. The summed E-state index contributed by atoms with van der Waals surface area (Å²) < 4.78 is 25.5. The maximum Gasteiger partial charge on any atom is 0.116 e. The third kappa shape index (κ3) is 10.3. The first-order valence-corrected chi connectivity index (χ1v) is 14.7. The van der Waals surface area contributed by atoms with Crippen molar-refractivity contribution in [3.8, 4) is 0 Å². The molecule has 214 valence electrons. The zero-order chi connectivity index (χ0) is 28.5. The van der Waals surface area contributed by atoms with Crippen molar-refractivity contribution in [2.24, 2.45) is 0 Å². The van der Waals surface area contributed by atoms with E-state index in [4.69, 9.17) is 18.9 Å². The van der Waals surface area contributed by atoms with Crippen molar-refractivity contribution in [2.75, 3.05) is 13.2 Å². The van der Waals surface area contributed by atoms with Gasteiger partial charge in [0, 0.05) is 0 Å². The minimum Gasteiger partial charge on any atom is -0.394 e. The molecule has 4 rings (SSSR count). The highest BCUT2D eigenvalue weighted by molar-refractivity contribution is 9.11. The van der Waals surface area contributed by atoms with E-state index in [0.29, 0.717) is 33.0 Å². The molecule has 4 aromatic carbocycles. The second-order valence-electron chi connectivity index (χ2n) is 9.66. The summed E-state index contributed by atoms with van der Waals surface area (Å²) in [4.78, 5) is 1.83. The molecule has 0 saturated carbocycles. The quantitative estimate of drug-likeness (QED) is 0.136. The second-order valence-corrected chi connectivity index (χ2v) is 10.1. The van der Waals surface area contributed by atoms with E-state index in [2.05, 4.69) is 15.9 Å². The van der Waals surface area contributed by atoms with E-state index in [9.17, 15) is 5.11 Å². The highest BCUT2D eigenvalue weighted by atomic mass is 79.9. The lowest BCUT2D eigenvalue weighted by Gasteiger charge is -2.34. The molecule has 0 heterocycles. The molecule has 6 heteroatoms. The highest BCUT2D eigenvalue weighted by Crippen LogP contribution is 2.25. The maximum atomic E-state index is 10.6. The number of halogens is 1. The molecule has 0 aliphatic rings. The third-order valence-corrected chi connectivity index (χ3v) is 7.18. The number of rotatable bonds is 17. The summed E-state index contributed by atoms with van der Waals surface area (Å²) in [6.07, 6.45) is -1.85. The molecule has 3 atom stereocenters. The topological polar surface area (TPSA) is 57.2 Å². The first kappa shape index (κ1) is 30.8. The monoisotopic (exact) mass is 616 g/mol. The zero-order valence-electron chi connectivity index (χ0n) is 23.1. The molecule has 0 aliphatic heterocycles. The lowest BCUT2D eigenvalue weighted by Crippen LogP contribution is -2.46. The van der Waals surface area contributed by atoms with Gasteiger partial charge in [0.05, 0.1) is 39.6 Å². The van der Waals surface area contributed by atoms with Gasteiger partial charge in [0.2, 0.25) is 0 Å². The molecule has 5 nitrogen and oxygen atoms in total. The summed E-state index contributed by atoms with van der Waals surface area (Å²) in [6.45, 7) is 1.55. The van der Waals surface area contributed by atoms with Crippen molar-refractivity contribution in [1.29, 1.82) is 0 Å². The average Bonchev–Trinajstić information content (AvgIpc) is 3.04. The fraction of sp³-hybridized carbons (Fsp3) is 0.257. The molecule has 0 spiro atoms. The molecular formula is C35H37BrO5. The molecular weight excluding hydrogens is 580 g/mol. The SMILES string of the molecule is OC[C@H](OCc1ccccc1)[C@@H](OCc1ccccc1)[C@H](OCc1ccccc1)/C(=C\Br)COCc1ccccc1. The van der Waals surface area contributed by atoms with Crippen LogP contribution in [0.1, 0.15) is 22.3 Å². The molecule has 0 bridgehead atoms. The molecule has 0 saturated heterocycles. The number of ether oxygens (including phenoxy) is 4. The molecule has 4 aromatic rings. The van der Waals surface area contributed by atoms with E-state index in [-0.39, 0.29) is 6.61 Å². The van der Waals surface area contributed by atoms with Gasteiger partial charge in [-0.2, -0.15) is 0 Å². The van der Waals surface area contributed by atoms with Gasteiger partial charge in [0.1, 0.15) is 18.3 Å². The van der Waals surface area contributed by atoms with Crippen molar-refractivity contribution in [2.45, 2.75) is 44.7 Å². The van der Waals surface area contributed by atoms with Crippen LogP contribution in [0.25, 0.3) is 0 Å². The van der Waals surface area contributed by atoms with Crippen LogP contribution in [0.5, 0.6) is 0 Å². The van der Waals surface area contributed by atoms with E-state index in [1.54, 1.807) is 0 Å². The van der Waals surface area contributed by atoms with Crippen molar-refractivity contribution < 1.29 is 24.1 Å². The maximum absolute atomic E-state index is 10.6. The largest absolute Gasteiger partial charge is 0.394 e. The van der Waals surface area contributed by atoms with Crippen LogP contribution in [0, 0.1) is 0 Å². The van der Waals surface area contributed by atoms with Crippen LogP contribution in [0.3, 0.4) is 0 Å². The lowest BCUT2D eigenvalue weighted by molar-refractivity contribution is -0.154. The summed E-state index contributed by atoms with van der Waals surface area (Å²) >= 11 is 3.56. The third-order valence-electron chi connectivity index (χ3n) is 6.60. The standard InChI is InChI=1S/C35H37BrO5/c36-21-32(27-38-23-28-13-5-1-6-14-28)34(40-25-30-17-9-3-10-18-30)35(41-26-31-19-11-4-12-20-31)33(22-37)39-24-29-15-7-2-8-16-29/h1-21,33-35,37H,22-27H2/b32-21-/t33-,34+,35+/m0/s1. The highest BCUT2D eigenvalue weighted by Gasteiger charge is 2.35. The van der Waals surface area contributed by atoms with Gasteiger partial charge >= 0.3 is 0 Å². The van der Waals surface area contributed by atoms with Crippen LogP contribution in [0.4, 0.5) is 0 Å². The number of aliphatic hydroxyl groups is 1. The lowest BCUT2D eigenvalue weighted by atomic mass is 10.0. The van der Waals surface area contributed by atoms with E-state index in [0.717, 1.165) is 27.8 Å². The minimum absolute atomic E-state index is 0.238.